The van der Waals surface area contributed by atoms with E-state index in [0.29, 0.717) is 13.0 Å². The van der Waals surface area contributed by atoms with Crippen LogP contribution < -0.4 is 11.1 Å². The minimum absolute atomic E-state index is 0.0294. The number of hydrogen-bond donors (Lipinski definition) is 3. The number of carbonyl (C=O) groups excluding carboxylic acids is 1. The minimum atomic E-state index is -0.533. The van der Waals surface area contributed by atoms with Gasteiger partial charge in [-0.15, -0.1) is 0 Å². The summed E-state index contributed by atoms with van der Waals surface area (Å²) in [5.74, 6) is -0.736. The first-order valence-corrected chi connectivity index (χ1v) is 5.92. The molecule has 0 aliphatic carbocycles. The molecule has 0 bridgehead atoms. The number of nitrogens with two attached hydrogens (primary N) is 1. The third-order valence-electron chi connectivity index (χ3n) is 2.53. The number of amidine groups is 1. The van der Waals surface area contributed by atoms with Gasteiger partial charge in [-0.05, 0) is 39.9 Å². The normalized spacial score (nSPS) is 13.8. The van der Waals surface area contributed by atoms with Gasteiger partial charge in [0.1, 0.15) is 0 Å². The molecule has 4 N–H and O–H groups in total. The van der Waals surface area contributed by atoms with Crippen molar-refractivity contribution >= 4 is 11.7 Å². The van der Waals surface area contributed by atoms with E-state index in [2.05, 4.69) is 15.4 Å². The highest BCUT2D eigenvalue weighted by molar-refractivity contribution is 6.01. The summed E-state index contributed by atoms with van der Waals surface area (Å²) in [5, 5.41) is 14.2. The second-order valence-corrected chi connectivity index (χ2v) is 4.29. The zero-order valence-corrected chi connectivity index (χ0v) is 10.9. The molecule has 0 rings (SSSR count). The molecule has 1 unspecified atom stereocenters. The number of unbranched alkanes of at least 4 members (excludes halogenated alkanes) is 1. The number of amides is 1. The molecule has 0 aromatic carbocycles. The van der Waals surface area contributed by atoms with Gasteiger partial charge in [0.05, 0.1) is 5.92 Å². The highest BCUT2D eigenvalue weighted by atomic mass is 16.4. The number of nitrogens with one attached hydrogen (secondary N) is 1. The Morgan fingerprint density at radius 3 is 2.59 bits per heavy atom. The van der Waals surface area contributed by atoms with Crippen molar-refractivity contribution in [3.63, 3.8) is 0 Å². The van der Waals surface area contributed by atoms with E-state index in [-0.39, 0.29) is 11.7 Å². The van der Waals surface area contributed by atoms with Crippen molar-refractivity contribution < 1.29 is 10.0 Å². The summed E-state index contributed by atoms with van der Waals surface area (Å²) in [6.07, 6.45) is 2.49. The average molecular weight is 244 g/mol. The lowest BCUT2D eigenvalue weighted by atomic mass is 10.0. The Balaban J connectivity index is 3.84. The number of rotatable bonds is 8. The van der Waals surface area contributed by atoms with Gasteiger partial charge < -0.3 is 21.2 Å². The van der Waals surface area contributed by atoms with Crippen LogP contribution in [0.5, 0.6) is 0 Å². The molecule has 6 heteroatoms. The topological polar surface area (TPSA) is 91.0 Å². The molecule has 17 heavy (non-hydrogen) atoms. The zero-order chi connectivity index (χ0) is 13.3. The first-order chi connectivity index (χ1) is 8.02. The SMILES string of the molecule is CCC(C(=O)NCCCCN(C)C)C(N)=NO. The zero-order valence-electron chi connectivity index (χ0n) is 10.9. The van der Waals surface area contributed by atoms with Gasteiger partial charge in [-0.25, -0.2) is 0 Å². The molecule has 1 amide bonds. The Kier molecular flexibility index (Phi) is 8.13. The first-order valence-electron chi connectivity index (χ1n) is 5.92. The van der Waals surface area contributed by atoms with E-state index in [1.165, 1.54) is 0 Å². The molecule has 0 aliphatic rings. The molecule has 0 spiro atoms. The largest absolute Gasteiger partial charge is 0.409 e. The standard InChI is InChI=1S/C11H24N4O2/c1-4-9(10(12)14-17)11(16)13-7-5-6-8-15(2)3/h9,17H,4-8H2,1-3H3,(H2,12,14)(H,13,16). The van der Waals surface area contributed by atoms with Crippen LogP contribution in [-0.4, -0.2) is 49.0 Å². The smallest absolute Gasteiger partial charge is 0.230 e. The van der Waals surface area contributed by atoms with Crippen LogP contribution in [0.4, 0.5) is 0 Å². The van der Waals surface area contributed by atoms with Gasteiger partial charge in [0, 0.05) is 6.54 Å². The lowest BCUT2D eigenvalue weighted by Gasteiger charge is -2.14. The predicted octanol–water partition coefficient (Wildman–Crippen LogP) is 0.217. The van der Waals surface area contributed by atoms with Gasteiger partial charge in [0.2, 0.25) is 5.91 Å². The Morgan fingerprint density at radius 1 is 1.47 bits per heavy atom. The van der Waals surface area contributed by atoms with E-state index in [0.717, 1.165) is 19.4 Å². The summed E-state index contributed by atoms with van der Waals surface area (Å²) in [7, 11) is 4.04. The summed E-state index contributed by atoms with van der Waals surface area (Å²) < 4.78 is 0. The van der Waals surface area contributed by atoms with Crippen molar-refractivity contribution in [1.82, 2.24) is 10.2 Å². The molecule has 100 valence electrons. The van der Waals surface area contributed by atoms with E-state index in [9.17, 15) is 4.79 Å². The Labute approximate surface area is 103 Å². The number of nitrogens with zero attached hydrogens (tertiary/aromatic N) is 2. The lowest BCUT2D eigenvalue weighted by Crippen LogP contribution is -2.39. The van der Waals surface area contributed by atoms with E-state index in [1.807, 2.05) is 21.0 Å². The third kappa shape index (κ3) is 6.78. The van der Waals surface area contributed by atoms with Gasteiger partial charge in [0.25, 0.3) is 0 Å². The minimum Gasteiger partial charge on any atom is -0.409 e. The summed E-state index contributed by atoms with van der Waals surface area (Å²) >= 11 is 0. The molecule has 1 atom stereocenters. The second-order valence-electron chi connectivity index (χ2n) is 4.29. The van der Waals surface area contributed by atoms with E-state index >= 15 is 0 Å². The molecule has 0 aromatic rings. The van der Waals surface area contributed by atoms with Crippen LogP contribution >= 0.6 is 0 Å². The van der Waals surface area contributed by atoms with E-state index in [4.69, 9.17) is 10.9 Å². The Bertz CT molecular complexity index is 254. The van der Waals surface area contributed by atoms with Crippen LogP contribution in [0.15, 0.2) is 5.16 Å². The Hall–Kier alpha value is -1.30. The molecule has 0 saturated carbocycles. The van der Waals surface area contributed by atoms with Crippen LogP contribution in [0.1, 0.15) is 26.2 Å². The van der Waals surface area contributed by atoms with E-state index < -0.39 is 5.92 Å². The average Bonchev–Trinajstić information content (AvgIpc) is 2.28. The lowest BCUT2D eigenvalue weighted by molar-refractivity contribution is -0.123. The fourth-order valence-electron chi connectivity index (χ4n) is 1.49. The van der Waals surface area contributed by atoms with E-state index in [1.54, 1.807) is 0 Å². The second kappa shape index (κ2) is 8.81. The third-order valence-corrected chi connectivity index (χ3v) is 2.53. The van der Waals surface area contributed by atoms with Crippen LogP contribution in [0, 0.1) is 5.92 Å². The van der Waals surface area contributed by atoms with Gasteiger partial charge in [0.15, 0.2) is 5.84 Å². The molecule has 0 heterocycles. The molecule has 0 aromatic heterocycles. The van der Waals surface area contributed by atoms with Gasteiger partial charge in [-0.2, -0.15) is 0 Å². The quantitative estimate of drug-likeness (QED) is 0.187. The van der Waals surface area contributed by atoms with Gasteiger partial charge in [-0.1, -0.05) is 12.1 Å². The maximum atomic E-state index is 11.7. The molecular formula is C11H24N4O2. The van der Waals surface area contributed by atoms with Gasteiger partial charge in [-0.3, -0.25) is 4.79 Å². The number of oxime groups is 1. The molecule has 0 fully saturated rings. The molecule has 0 radical (unpaired) electrons. The first kappa shape index (κ1) is 15.7. The monoisotopic (exact) mass is 244 g/mol. The maximum Gasteiger partial charge on any atom is 0.230 e. The Morgan fingerprint density at radius 2 is 2.12 bits per heavy atom. The van der Waals surface area contributed by atoms with Crippen molar-refractivity contribution in [1.29, 1.82) is 0 Å². The molecular weight excluding hydrogens is 220 g/mol. The van der Waals surface area contributed by atoms with Crippen LogP contribution in [0.25, 0.3) is 0 Å². The number of carbonyl (C=O) groups is 1. The van der Waals surface area contributed by atoms with Crippen LogP contribution in [-0.2, 0) is 4.79 Å². The summed E-state index contributed by atoms with van der Waals surface area (Å²) in [6.45, 7) is 3.46. The fourth-order valence-corrected chi connectivity index (χ4v) is 1.49. The summed E-state index contributed by atoms with van der Waals surface area (Å²) in [4.78, 5) is 13.8. The highest BCUT2D eigenvalue weighted by Gasteiger charge is 2.20. The van der Waals surface area contributed by atoms with Crippen molar-refractivity contribution in [3.8, 4) is 0 Å². The van der Waals surface area contributed by atoms with Crippen molar-refractivity contribution in [2.75, 3.05) is 27.2 Å². The predicted molar refractivity (Wildman–Crippen MR) is 68.0 cm³/mol. The van der Waals surface area contributed by atoms with Crippen molar-refractivity contribution in [2.45, 2.75) is 26.2 Å². The van der Waals surface area contributed by atoms with Crippen LogP contribution in [0.3, 0.4) is 0 Å². The fraction of sp³-hybridized carbons (Fsp3) is 0.818. The highest BCUT2D eigenvalue weighted by Crippen LogP contribution is 2.02. The summed E-state index contributed by atoms with van der Waals surface area (Å²) in [5.41, 5.74) is 5.43. The van der Waals surface area contributed by atoms with Gasteiger partial charge >= 0.3 is 0 Å². The number of hydrogen-bond acceptors (Lipinski definition) is 4. The van der Waals surface area contributed by atoms with Crippen LogP contribution in [0.2, 0.25) is 0 Å². The van der Waals surface area contributed by atoms with Crippen molar-refractivity contribution in [2.24, 2.45) is 16.8 Å². The summed E-state index contributed by atoms with van der Waals surface area (Å²) in [6, 6.07) is 0. The molecule has 0 aliphatic heterocycles. The maximum absolute atomic E-state index is 11.7. The van der Waals surface area contributed by atoms with Crippen molar-refractivity contribution in [3.05, 3.63) is 0 Å². The molecule has 0 saturated heterocycles. The molecule has 6 nitrogen and oxygen atoms in total.